The molecule has 0 aliphatic heterocycles. The van der Waals surface area contributed by atoms with Crippen molar-refractivity contribution in [1.82, 2.24) is 0 Å². The maximum Gasteiger partial charge on any atom is -0.0320 e. The average molecular weight is 281 g/mol. The zero-order valence-electron chi connectivity index (χ0n) is 14.8. The molecule has 0 nitrogen and oxygen atoms in total. The Morgan fingerprint density at radius 1 is 0.750 bits per heavy atom. The number of allylic oxidation sites excluding steroid dienone is 2. The Morgan fingerprint density at radius 2 is 1.45 bits per heavy atom. The fraction of sp³-hybridized carbons (Fsp3) is 0.900. The molecular weight excluding hydrogens is 240 g/mol. The molecule has 1 unspecified atom stereocenters. The Hall–Kier alpha value is -0.260. The minimum absolute atomic E-state index is 0.979. The van der Waals surface area contributed by atoms with Crippen molar-refractivity contribution in [1.29, 1.82) is 0 Å². The summed E-state index contributed by atoms with van der Waals surface area (Å²) in [5, 5.41) is 0. The van der Waals surface area contributed by atoms with Gasteiger partial charge in [-0.25, -0.2) is 0 Å². The largest absolute Gasteiger partial charge is 0.0856 e. The van der Waals surface area contributed by atoms with Crippen LogP contribution in [0.3, 0.4) is 0 Å². The van der Waals surface area contributed by atoms with E-state index in [0.717, 1.165) is 5.92 Å². The third-order valence-corrected chi connectivity index (χ3v) is 4.41. The molecule has 0 bridgehead atoms. The Bertz CT molecular complexity index is 214. The van der Waals surface area contributed by atoms with Crippen LogP contribution in [0.4, 0.5) is 0 Å². The van der Waals surface area contributed by atoms with Gasteiger partial charge in [-0.15, -0.1) is 0 Å². The summed E-state index contributed by atoms with van der Waals surface area (Å²) < 4.78 is 0. The van der Waals surface area contributed by atoms with E-state index in [-0.39, 0.29) is 0 Å². The zero-order chi connectivity index (χ0) is 15.1. The molecule has 0 heteroatoms. The van der Waals surface area contributed by atoms with Gasteiger partial charge >= 0.3 is 0 Å². The first-order valence-electron chi connectivity index (χ1n) is 9.40. The highest BCUT2D eigenvalue weighted by Gasteiger charge is 2.07. The molecule has 0 aromatic heterocycles. The molecule has 0 aliphatic rings. The molecule has 0 aliphatic carbocycles. The van der Waals surface area contributed by atoms with E-state index >= 15 is 0 Å². The van der Waals surface area contributed by atoms with Gasteiger partial charge < -0.3 is 0 Å². The number of rotatable bonds is 14. The van der Waals surface area contributed by atoms with Crippen LogP contribution >= 0.6 is 0 Å². The number of hydrogen-bond acceptors (Lipinski definition) is 0. The second kappa shape index (κ2) is 15.1. The maximum absolute atomic E-state index is 2.51. The van der Waals surface area contributed by atoms with E-state index in [2.05, 4.69) is 33.8 Å². The summed E-state index contributed by atoms with van der Waals surface area (Å²) in [6.07, 6.45) is 20.6. The van der Waals surface area contributed by atoms with Gasteiger partial charge in [-0.1, -0.05) is 90.2 Å². The van der Waals surface area contributed by atoms with Gasteiger partial charge in [-0.2, -0.15) is 0 Å². The standard InChI is InChI=1S/C20H40/c1-5-8-10-11-12-13-15-19(4)17-18-20(14-7-3)16-9-6-2/h15,20H,5-14,16-18H2,1-4H3. The van der Waals surface area contributed by atoms with Gasteiger partial charge in [0.25, 0.3) is 0 Å². The Labute approximate surface area is 129 Å². The lowest BCUT2D eigenvalue weighted by molar-refractivity contribution is 0.401. The highest BCUT2D eigenvalue weighted by Crippen LogP contribution is 2.22. The van der Waals surface area contributed by atoms with E-state index in [9.17, 15) is 0 Å². The highest BCUT2D eigenvalue weighted by atomic mass is 14.1. The molecule has 0 fully saturated rings. The molecule has 1 atom stereocenters. The highest BCUT2D eigenvalue weighted by molar-refractivity contribution is 4.97. The predicted octanol–water partition coefficient (Wildman–Crippen LogP) is 7.68. The van der Waals surface area contributed by atoms with Crippen molar-refractivity contribution in [3.8, 4) is 0 Å². The van der Waals surface area contributed by atoms with E-state index in [4.69, 9.17) is 0 Å². The second-order valence-electron chi connectivity index (χ2n) is 6.59. The molecule has 0 aromatic rings. The van der Waals surface area contributed by atoms with Crippen molar-refractivity contribution in [2.24, 2.45) is 5.92 Å². The molecule has 120 valence electrons. The Balaban J connectivity index is 3.72. The molecule has 0 amide bonds. The van der Waals surface area contributed by atoms with Gasteiger partial charge in [-0.3, -0.25) is 0 Å². The molecule has 0 rings (SSSR count). The van der Waals surface area contributed by atoms with Gasteiger partial charge in [0, 0.05) is 0 Å². The van der Waals surface area contributed by atoms with Crippen LogP contribution in [-0.4, -0.2) is 0 Å². The lowest BCUT2D eigenvalue weighted by Crippen LogP contribution is -2.00. The van der Waals surface area contributed by atoms with Crippen molar-refractivity contribution in [3.63, 3.8) is 0 Å². The van der Waals surface area contributed by atoms with Crippen LogP contribution in [0.2, 0.25) is 0 Å². The molecule has 0 saturated heterocycles. The van der Waals surface area contributed by atoms with Crippen LogP contribution in [0, 0.1) is 5.92 Å². The van der Waals surface area contributed by atoms with Crippen LogP contribution in [-0.2, 0) is 0 Å². The third-order valence-electron chi connectivity index (χ3n) is 4.41. The summed E-state index contributed by atoms with van der Waals surface area (Å²) in [4.78, 5) is 0. The summed E-state index contributed by atoms with van der Waals surface area (Å²) in [7, 11) is 0. The van der Waals surface area contributed by atoms with Crippen LogP contribution in [0.5, 0.6) is 0 Å². The summed E-state index contributed by atoms with van der Waals surface area (Å²) in [6.45, 7) is 9.27. The lowest BCUT2D eigenvalue weighted by atomic mass is 9.91. The van der Waals surface area contributed by atoms with Gasteiger partial charge in [0.05, 0.1) is 0 Å². The normalized spacial score (nSPS) is 13.7. The van der Waals surface area contributed by atoms with Crippen molar-refractivity contribution >= 4 is 0 Å². The smallest absolute Gasteiger partial charge is 0.0320 e. The predicted molar refractivity (Wildman–Crippen MR) is 94.3 cm³/mol. The molecule has 0 saturated carbocycles. The van der Waals surface area contributed by atoms with Crippen molar-refractivity contribution < 1.29 is 0 Å². The first kappa shape index (κ1) is 19.7. The minimum atomic E-state index is 0.979. The first-order chi connectivity index (χ1) is 9.74. The summed E-state index contributed by atoms with van der Waals surface area (Å²) >= 11 is 0. The summed E-state index contributed by atoms with van der Waals surface area (Å²) in [5.41, 5.74) is 1.64. The Morgan fingerprint density at radius 3 is 2.10 bits per heavy atom. The van der Waals surface area contributed by atoms with Gasteiger partial charge in [0.1, 0.15) is 0 Å². The van der Waals surface area contributed by atoms with E-state index in [1.165, 1.54) is 83.5 Å². The lowest BCUT2D eigenvalue weighted by Gasteiger charge is -2.15. The van der Waals surface area contributed by atoms with Gasteiger partial charge in [-0.05, 0) is 38.5 Å². The van der Waals surface area contributed by atoms with Gasteiger partial charge in [0.2, 0.25) is 0 Å². The summed E-state index contributed by atoms with van der Waals surface area (Å²) in [6, 6.07) is 0. The molecule has 0 aromatic carbocycles. The molecule has 0 radical (unpaired) electrons. The SMILES string of the molecule is CCCCCCCC=C(C)CCC(CCC)CCCC. The quantitative estimate of drug-likeness (QED) is 0.226. The van der Waals surface area contributed by atoms with Crippen LogP contribution in [0.1, 0.15) is 111 Å². The van der Waals surface area contributed by atoms with Crippen molar-refractivity contribution in [2.75, 3.05) is 0 Å². The molecule has 20 heavy (non-hydrogen) atoms. The zero-order valence-corrected chi connectivity index (χ0v) is 14.8. The second-order valence-corrected chi connectivity index (χ2v) is 6.59. The topological polar surface area (TPSA) is 0 Å². The van der Waals surface area contributed by atoms with Crippen LogP contribution in [0.25, 0.3) is 0 Å². The van der Waals surface area contributed by atoms with Crippen LogP contribution < -0.4 is 0 Å². The fourth-order valence-corrected chi connectivity index (χ4v) is 2.96. The minimum Gasteiger partial charge on any atom is -0.0856 e. The van der Waals surface area contributed by atoms with Crippen LogP contribution in [0.15, 0.2) is 11.6 Å². The average Bonchev–Trinajstić information content (AvgIpc) is 2.45. The monoisotopic (exact) mass is 280 g/mol. The van der Waals surface area contributed by atoms with E-state index in [1.54, 1.807) is 5.57 Å². The number of unbranched alkanes of at least 4 members (excludes halogenated alkanes) is 6. The third kappa shape index (κ3) is 12.8. The van der Waals surface area contributed by atoms with Gasteiger partial charge in [0.15, 0.2) is 0 Å². The van der Waals surface area contributed by atoms with Crippen molar-refractivity contribution in [3.05, 3.63) is 11.6 Å². The van der Waals surface area contributed by atoms with E-state index < -0.39 is 0 Å². The maximum atomic E-state index is 2.51. The fourth-order valence-electron chi connectivity index (χ4n) is 2.96. The Kier molecular flexibility index (Phi) is 14.9. The van der Waals surface area contributed by atoms with Crippen molar-refractivity contribution in [2.45, 2.75) is 111 Å². The van der Waals surface area contributed by atoms with E-state index in [1.807, 2.05) is 0 Å². The summed E-state index contributed by atoms with van der Waals surface area (Å²) in [5.74, 6) is 0.979. The van der Waals surface area contributed by atoms with E-state index in [0.29, 0.717) is 0 Å². The molecule has 0 N–H and O–H groups in total. The number of hydrogen-bond donors (Lipinski definition) is 0. The molecule has 0 heterocycles. The molecule has 0 spiro atoms. The molecular formula is C20H40. The first-order valence-corrected chi connectivity index (χ1v) is 9.40.